The summed E-state index contributed by atoms with van der Waals surface area (Å²) < 4.78 is 46.5. The second-order valence-corrected chi connectivity index (χ2v) is 13.1. The molecule has 234 valence electrons. The first kappa shape index (κ1) is 31.3. The van der Waals surface area contributed by atoms with Crippen LogP contribution in [0.2, 0.25) is 0 Å². The number of hydrogen-bond acceptors (Lipinski definition) is 5. The Balaban J connectivity index is 1.71. The van der Waals surface area contributed by atoms with Crippen LogP contribution in [0.5, 0.6) is 0 Å². The van der Waals surface area contributed by atoms with Crippen molar-refractivity contribution in [2.75, 3.05) is 18.0 Å². The highest BCUT2D eigenvalue weighted by molar-refractivity contribution is 7.85. The van der Waals surface area contributed by atoms with Gasteiger partial charge in [-0.05, 0) is 76.9 Å². The molecule has 6 nitrogen and oxygen atoms in total. The lowest BCUT2D eigenvalue weighted by molar-refractivity contribution is 0.463. The highest BCUT2D eigenvalue weighted by Crippen LogP contribution is 2.43. The van der Waals surface area contributed by atoms with Gasteiger partial charge < -0.3 is 13.9 Å². The van der Waals surface area contributed by atoms with Crippen LogP contribution in [-0.2, 0) is 10.1 Å². The Hall–Kier alpha value is -4.72. The Bertz CT molecular complexity index is 2230. The molecule has 0 fully saturated rings. The molecule has 0 unspecified atom stereocenters. The summed E-state index contributed by atoms with van der Waals surface area (Å²) in [6, 6.07) is 31.0. The van der Waals surface area contributed by atoms with Gasteiger partial charge in [-0.1, -0.05) is 54.6 Å². The first-order valence-corrected chi connectivity index (χ1v) is 17.0. The number of anilines is 2. The van der Waals surface area contributed by atoms with E-state index in [1.165, 1.54) is 28.3 Å². The molecule has 1 aliphatic carbocycles. The molecular weight excluding hydrogens is 593 g/mol. The lowest BCUT2D eigenvalue weighted by Crippen LogP contribution is -2.26. The van der Waals surface area contributed by atoms with Gasteiger partial charge in [0.15, 0.2) is 0 Å². The molecule has 0 radical (unpaired) electrons. The Morgan fingerprint density at radius 2 is 1.39 bits per heavy atom. The van der Waals surface area contributed by atoms with Crippen molar-refractivity contribution in [3.63, 3.8) is 0 Å². The molecular formula is C39H38N2O4S. The molecule has 6 rings (SSSR count). The first-order valence-electron chi connectivity index (χ1n) is 15.6. The molecule has 0 spiro atoms. The highest BCUT2D eigenvalue weighted by Gasteiger charge is 2.24. The lowest BCUT2D eigenvalue weighted by atomic mass is 9.93. The van der Waals surface area contributed by atoms with Gasteiger partial charge in [0.05, 0.1) is 11.0 Å². The summed E-state index contributed by atoms with van der Waals surface area (Å²) in [5.74, 6) is 0.593. The zero-order valence-corrected chi connectivity index (χ0v) is 27.9. The van der Waals surface area contributed by atoms with E-state index in [2.05, 4.69) is 87.4 Å². The van der Waals surface area contributed by atoms with Crippen LogP contribution in [0.25, 0.3) is 33.4 Å². The summed E-state index contributed by atoms with van der Waals surface area (Å²) in [5, 5.41) is 1.67. The molecule has 0 bridgehead atoms. The van der Waals surface area contributed by atoms with Crippen LogP contribution >= 0.6 is 0 Å². The fourth-order valence-corrected chi connectivity index (χ4v) is 7.47. The topological polar surface area (TPSA) is 76.6 Å². The highest BCUT2D eigenvalue weighted by atomic mass is 32.2. The first-order chi connectivity index (χ1) is 22.0. The number of rotatable bonds is 7. The fraction of sp³-hybridized carbons (Fsp3) is 0.205. The van der Waals surface area contributed by atoms with Gasteiger partial charge in [-0.25, -0.2) is 8.42 Å². The van der Waals surface area contributed by atoms with Gasteiger partial charge in [0, 0.05) is 63.3 Å². The van der Waals surface area contributed by atoms with E-state index in [4.69, 9.17) is 4.42 Å². The molecule has 1 aliphatic heterocycles. The largest absolute Gasteiger partial charge is 0.744 e. The second kappa shape index (κ2) is 12.2. The fourth-order valence-electron chi connectivity index (χ4n) is 6.79. The third-order valence-corrected chi connectivity index (χ3v) is 9.68. The van der Waals surface area contributed by atoms with Crippen molar-refractivity contribution < 1.29 is 17.4 Å². The van der Waals surface area contributed by atoms with Crippen molar-refractivity contribution in [2.45, 2.75) is 46.4 Å². The van der Waals surface area contributed by atoms with Crippen molar-refractivity contribution in [3.8, 4) is 22.5 Å². The molecule has 0 atom stereocenters. The molecule has 0 aromatic heterocycles. The van der Waals surface area contributed by atoms with Crippen molar-refractivity contribution in [1.82, 2.24) is 4.58 Å². The van der Waals surface area contributed by atoms with Crippen molar-refractivity contribution in [1.29, 1.82) is 0 Å². The number of hydrogen-bond donors (Lipinski definition) is 0. The number of benzene rings is 5. The third kappa shape index (κ3) is 5.50. The van der Waals surface area contributed by atoms with Crippen LogP contribution in [0.3, 0.4) is 0 Å². The van der Waals surface area contributed by atoms with Gasteiger partial charge >= 0.3 is 0 Å². The van der Waals surface area contributed by atoms with E-state index in [1.54, 1.807) is 18.2 Å². The molecule has 46 heavy (non-hydrogen) atoms. The van der Waals surface area contributed by atoms with Gasteiger partial charge in [0.25, 0.3) is 0 Å². The number of fused-ring (bicyclic) bond motifs is 2. The van der Waals surface area contributed by atoms with E-state index < -0.39 is 10.1 Å². The maximum Gasteiger partial charge on any atom is 0.211 e. The lowest BCUT2D eigenvalue weighted by Gasteiger charge is -2.27. The van der Waals surface area contributed by atoms with Gasteiger partial charge in [0.2, 0.25) is 11.0 Å². The zero-order chi connectivity index (χ0) is 32.7. The quantitative estimate of drug-likeness (QED) is 0.100. The standard InChI is InChI=1S/C39H38N2O4S/c1-7-40(38-25(3)13-11-14-26(38)4)29-19-21-31-34(23-29)45-35-24-30(41(8-2)39-27(5)15-12-16-28(39)6)20-22-32(35)37(31)33-17-9-10-18-36(33)46(42,43)44/h9-24H,7-8H2,1-6H3. The molecule has 7 heteroatoms. The van der Waals surface area contributed by atoms with Crippen LogP contribution in [0.15, 0.2) is 106 Å². The Labute approximate surface area is 271 Å². The third-order valence-electron chi connectivity index (χ3n) is 8.79. The normalized spacial score (nSPS) is 12.5. The van der Waals surface area contributed by atoms with Gasteiger partial charge in [0.1, 0.15) is 28.0 Å². The monoisotopic (exact) mass is 630 g/mol. The van der Waals surface area contributed by atoms with E-state index in [1.807, 2.05) is 36.4 Å². The van der Waals surface area contributed by atoms with Crippen LogP contribution < -0.4 is 14.8 Å². The van der Waals surface area contributed by atoms with E-state index in [0.29, 0.717) is 22.5 Å². The minimum Gasteiger partial charge on any atom is -0.744 e. The van der Waals surface area contributed by atoms with E-state index in [-0.39, 0.29) is 4.90 Å². The van der Waals surface area contributed by atoms with Crippen LogP contribution in [0, 0.1) is 27.7 Å². The average molecular weight is 631 g/mol. The van der Waals surface area contributed by atoms with Crippen molar-refractivity contribution in [3.05, 3.63) is 125 Å². The summed E-state index contributed by atoms with van der Waals surface area (Å²) in [6.07, 6.45) is 0. The minimum atomic E-state index is -4.76. The maximum absolute atomic E-state index is 12.5. The molecule has 4 aromatic rings. The molecule has 0 saturated carbocycles. The van der Waals surface area contributed by atoms with Gasteiger partial charge in [-0.3, -0.25) is 0 Å². The Morgan fingerprint density at radius 1 is 0.739 bits per heavy atom. The molecule has 2 aliphatic rings. The number of nitrogens with zero attached hydrogens (tertiary/aromatic N) is 2. The van der Waals surface area contributed by atoms with Crippen LogP contribution in [-0.4, -0.2) is 26.1 Å². The minimum absolute atomic E-state index is 0.256. The Morgan fingerprint density at radius 3 is 2.02 bits per heavy atom. The summed E-state index contributed by atoms with van der Waals surface area (Å²) >= 11 is 0. The van der Waals surface area contributed by atoms with Crippen molar-refractivity contribution >= 4 is 38.1 Å². The summed E-state index contributed by atoms with van der Waals surface area (Å²) in [4.78, 5) is 2.00. The molecule has 0 amide bonds. The number of para-hydroxylation sites is 2. The van der Waals surface area contributed by atoms with Crippen molar-refractivity contribution in [2.24, 2.45) is 0 Å². The SMILES string of the molecule is CCN(c1ccc2c(-c3ccccc3S(=O)(=O)[O-])c3ccc(=[N+](CC)c4c(C)cccc4C)cc-3oc2c1)c1c(C)cccc1C. The predicted molar refractivity (Wildman–Crippen MR) is 186 cm³/mol. The molecule has 4 aromatic carbocycles. The molecule has 1 heterocycles. The summed E-state index contributed by atoms with van der Waals surface area (Å²) in [5.41, 5.74) is 10.2. The van der Waals surface area contributed by atoms with Crippen LogP contribution in [0.1, 0.15) is 36.1 Å². The van der Waals surface area contributed by atoms with E-state index >= 15 is 0 Å². The smallest absolute Gasteiger partial charge is 0.211 e. The summed E-state index contributed by atoms with van der Waals surface area (Å²) in [6.45, 7) is 14.2. The molecule has 0 saturated heterocycles. The van der Waals surface area contributed by atoms with Gasteiger partial charge in [-0.2, -0.15) is 4.58 Å². The zero-order valence-electron chi connectivity index (χ0n) is 27.1. The second-order valence-electron chi connectivity index (χ2n) is 11.8. The maximum atomic E-state index is 12.5. The predicted octanol–water partition coefficient (Wildman–Crippen LogP) is 8.62. The molecule has 0 N–H and O–H groups in total. The van der Waals surface area contributed by atoms with E-state index in [0.717, 1.165) is 46.5 Å². The average Bonchev–Trinajstić information content (AvgIpc) is 3.02. The van der Waals surface area contributed by atoms with Crippen LogP contribution in [0.4, 0.5) is 17.1 Å². The van der Waals surface area contributed by atoms with E-state index in [9.17, 15) is 13.0 Å². The summed E-state index contributed by atoms with van der Waals surface area (Å²) in [7, 11) is -4.76. The Kier molecular flexibility index (Phi) is 8.32. The number of aryl methyl sites for hydroxylation is 4. The van der Waals surface area contributed by atoms with Gasteiger partial charge in [-0.15, -0.1) is 0 Å².